The SMILES string of the molecule is CC1CC2=CCC(O/N=C3/CCC4CCN(C)[C@H]4C3)(C2)C1.COc1ccccc1OC. The molecule has 1 aromatic carbocycles. The average molecular weight is 427 g/mol. The highest BCUT2D eigenvalue weighted by Crippen LogP contribution is 2.46. The smallest absolute Gasteiger partial charge is 0.160 e. The third kappa shape index (κ3) is 5.08. The summed E-state index contributed by atoms with van der Waals surface area (Å²) in [6.07, 6.45) is 12.0. The average Bonchev–Trinajstić information content (AvgIpc) is 3.31. The van der Waals surface area contributed by atoms with Gasteiger partial charge in [-0.05, 0) is 69.7 Å². The zero-order valence-electron chi connectivity index (χ0n) is 19.6. The molecule has 170 valence electrons. The highest BCUT2D eigenvalue weighted by atomic mass is 16.6. The van der Waals surface area contributed by atoms with Gasteiger partial charge in [0.15, 0.2) is 11.5 Å². The molecule has 0 aromatic heterocycles. The van der Waals surface area contributed by atoms with E-state index in [-0.39, 0.29) is 5.60 Å². The van der Waals surface area contributed by atoms with Crippen LogP contribution in [0.25, 0.3) is 0 Å². The standard InChI is InChI=1S/C18H28N2O.C8H10O2/c1-13-9-14-5-7-18(11-13,12-14)21-19-16-4-3-15-6-8-20(2)17(15)10-16;1-9-7-5-3-4-6-8(7)10-2/h5,13,15,17H,3-4,6-12H2,1-2H3;3-6H,1-2H3/b19-16-;/t13?,15?,17-,18?;/m0./s1. The van der Waals surface area contributed by atoms with Gasteiger partial charge < -0.3 is 19.2 Å². The number of ether oxygens (including phenoxy) is 2. The van der Waals surface area contributed by atoms with Gasteiger partial charge in [-0.15, -0.1) is 0 Å². The van der Waals surface area contributed by atoms with Crippen molar-refractivity contribution in [2.45, 2.75) is 69.9 Å². The summed E-state index contributed by atoms with van der Waals surface area (Å²) in [5.41, 5.74) is 2.93. The Morgan fingerprint density at radius 2 is 1.81 bits per heavy atom. The highest BCUT2D eigenvalue weighted by Gasteiger charge is 2.43. The molecule has 31 heavy (non-hydrogen) atoms. The van der Waals surface area contributed by atoms with Crippen LogP contribution in [0.3, 0.4) is 0 Å². The van der Waals surface area contributed by atoms with Crippen molar-refractivity contribution < 1.29 is 14.3 Å². The summed E-state index contributed by atoms with van der Waals surface area (Å²) >= 11 is 0. The Kier molecular flexibility index (Phi) is 6.90. The molecule has 2 saturated carbocycles. The zero-order chi connectivity index (χ0) is 21.8. The fourth-order valence-electron chi connectivity index (χ4n) is 5.94. The van der Waals surface area contributed by atoms with E-state index < -0.39 is 0 Å². The molecule has 0 spiro atoms. The molecule has 5 rings (SSSR count). The first-order valence-electron chi connectivity index (χ1n) is 11.8. The molecule has 0 amide bonds. The van der Waals surface area contributed by atoms with Crippen molar-refractivity contribution in [3.8, 4) is 11.5 Å². The summed E-state index contributed by atoms with van der Waals surface area (Å²) in [6.45, 7) is 3.61. The molecule has 5 heteroatoms. The van der Waals surface area contributed by atoms with Crippen molar-refractivity contribution in [3.63, 3.8) is 0 Å². The van der Waals surface area contributed by atoms with Crippen molar-refractivity contribution in [2.24, 2.45) is 17.0 Å². The second kappa shape index (κ2) is 9.64. The van der Waals surface area contributed by atoms with E-state index in [9.17, 15) is 0 Å². The Labute approximate surface area is 187 Å². The quantitative estimate of drug-likeness (QED) is 0.474. The Hall–Kier alpha value is -2.01. The molecule has 0 N–H and O–H groups in total. The molecule has 4 atom stereocenters. The Bertz CT molecular complexity index is 798. The van der Waals surface area contributed by atoms with Crippen molar-refractivity contribution in [1.29, 1.82) is 0 Å². The van der Waals surface area contributed by atoms with Gasteiger partial charge in [-0.3, -0.25) is 0 Å². The lowest BCUT2D eigenvalue weighted by Crippen LogP contribution is -2.37. The molecule has 3 unspecified atom stereocenters. The summed E-state index contributed by atoms with van der Waals surface area (Å²) in [5.74, 6) is 3.20. The Balaban J connectivity index is 0.000000196. The summed E-state index contributed by atoms with van der Waals surface area (Å²) in [7, 11) is 5.51. The van der Waals surface area contributed by atoms with Gasteiger partial charge in [-0.2, -0.15) is 0 Å². The maximum atomic E-state index is 6.17. The molecular formula is C26H38N2O3. The van der Waals surface area contributed by atoms with E-state index in [0.717, 1.165) is 55.1 Å². The molecule has 5 nitrogen and oxygen atoms in total. The molecule has 2 bridgehead atoms. The summed E-state index contributed by atoms with van der Waals surface area (Å²) in [4.78, 5) is 8.70. The summed E-state index contributed by atoms with van der Waals surface area (Å²) in [5, 5.41) is 4.66. The molecular weight excluding hydrogens is 388 g/mol. The van der Waals surface area contributed by atoms with E-state index in [1.807, 2.05) is 24.3 Å². The van der Waals surface area contributed by atoms with Crippen molar-refractivity contribution in [3.05, 3.63) is 35.9 Å². The van der Waals surface area contributed by atoms with Gasteiger partial charge in [0.05, 0.1) is 19.9 Å². The highest BCUT2D eigenvalue weighted by molar-refractivity contribution is 5.85. The summed E-state index contributed by atoms with van der Waals surface area (Å²) in [6, 6.07) is 8.25. The van der Waals surface area contributed by atoms with Gasteiger partial charge in [-0.25, -0.2) is 0 Å². The van der Waals surface area contributed by atoms with Crippen LogP contribution in [0.15, 0.2) is 41.1 Å². The lowest BCUT2D eigenvalue weighted by molar-refractivity contribution is -0.0583. The molecule has 4 aliphatic rings. The van der Waals surface area contributed by atoms with Crippen LogP contribution in [0, 0.1) is 11.8 Å². The lowest BCUT2D eigenvalue weighted by Gasteiger charge is -2.35. The van der Waals surface area contributed by atoms with Crippen LogP contribution in [0.5, 0.6) is 11.5 Å². The van der Waals surface area contributed by atoms with E-state index in [1.54, 1.807) is 19.8 Å². The molecule has 3 fully saturated rings. The Morgan fingerprint density at radius 3 is 2.52 bits per heavy atom. The van der Waals surface area contributed by atoms with E-state index >= 15 is 0 Å². The number of rotatable bonds is 4. The molecule has 3 aliphatic carbocycles. The maximum Gasteiger partial charge on any atom is 0.160 e. The van der Waals surface area contributed by atoms with Crippen LogP contribution >= 0.6 is 0 Å². The minimum absolute atomic E-state index is 0.0123. The Morgan fingerprint density at radius 1 is 1.06 bits per heavy atom. The van der Waals surface area contributed by atoms with Crippen LogP contribution in [-0.2, 0) is 4.84 Å². The van der Waals surface area contributed by atoms with Crippen LogP contribution in [0.4, 0.5) is 0 Å². The number of hydrogen-bond acceptors (Lipinski definition) is 5. The number of para-hydroxylation sites is 2. The largest absolute Gasteiger partial charge is 0.493 e. The van der Waals surface area contributed by atoms with Crippen molar-refractivity contribution in [1.82, 2.24) is 4.90 Å². The number of oxime groups is 1. The number of methoxy groups -OCH3 is 2. The van der Waals surface area contributed by atoms with Gasteiger partial charge in [0.2, 0.25) is 0 Å². The van der Waals surface area contributed by atoms with E-state index in [2.05, 4.69) is 30.1 Å². The van der Waals surface area contributed by atoms with Gasteiger partial charge in [-0.1, -0.05) is 35.9 Å². The number of benzene rings is 1. The molecule has 1 heterocycles. The second-order valence-electron chi connectivity index (χ2n) is 9.88. The van der Waals surface area contributed by atoms with Crippen LogP contribution in [-0.4, -0.2) is 50.1 Å². The van der Waals surface area contributed by atoms with Gasteiger partial charge in [0, 0.05) is 25.3 Å². The number of likely N-dealkylation sites (tertiary alicyclic amines) is 1. The minimum Gasteiger partial charge on any atom is -0.493 e. The zero-order valence-corrected chi connectivity index (χ0v) is 19.6. The van der Waals surface area contributed by atoms with Crippen LogP contribution in [0.1, 0.15) is 58.3 Å². The van der Waals surface area contributed by atoms with Crippen LogP contribution < -0.4 is 9.47 Å². The number of fused-ring (bicyclic) bond motifs is 3. The maximum absolute atomic E-state index is 6.17. The molecule has 0 radical (unpaired) electrons. The van der Waals surface area contributed by atoms with E-state index in [4.69, 9.17) is 14.3 Å². The second-order valence-corrected chi connectivity index (χ2v) is 9.88. The first kappa shape index (κ1) is 22.2. The molecule has 1 saturated heterocycles. The predicted molar refractivity (Wildman–Crippen MR) is 125 cm³/mol. The van der Waals surface area contributed by atoms with Crippen molar-refractivity contribution in [2.75, 3.05) is 27.8 Å². The van der Waals surface area contributed by atoms with Gasteiger partial charge >= 0.3 is 0 Å². The van der Waals surface area contributed by atoms with Gasteiger partial charge in [0.1, 0.15) is 5.60 Å². The van der Waals surface area contributed by atoms with Gasteiger partial charge in [0.25, 0.3) is 0 Å². The van der Waals surface area contributed by atoms with E-state index in [1.165, 1.54) is 37.9 Å². The topological polar surface area (TPSA) is 43.3 Å². The third-order valence-electron chi connectivity index (χ3n) is 7.51. The van der Waals surface area contributed by atoms with E-state index in [0.29, 0.717) is 0 Å². The minimum atomic E-state index is 0.0123. The first-order chi connectivity index (χ1) is 15.0. The normalized spacial score (nSPS) is 33.2. The van der Waals surface area contributed by atoms with Crippen molar-refractivity contribution >= 4 is 5.71 Å². The number of hydrogen-bond donors (Lipinski definition) is 0. The number of nitrogens with zero attached hydrogens (tertiary/aromatic N) is 2. The third-order valence-corrected chi connectivity index (χ3v) is 7.51. The lowest BCUT2D eigenvalue weighted by atomic mass is 9.80. The summed E-state index contributed by atoms with van der Waals surface area (Å²) < 4.78 is 10.0. The van der Waals surface area contributed by atoms with Crippen LogP contribution in [0.2, 0.25) is 0 Å². The molecule has 1 aliphatic heterocycles. The monoisotopic (exact) mass is 426 g/mol. The first-order valence-corrected chi connectivity index (χ1v) is 11.8. The fraction of sp³-hybridized carbons (Fsp3) is 0.654. The molecule has 1 aromatic rings. The fourth-order valence-corrected chi connectivity index (χ4v) is 5.94. The predicted octanol–water partition coefficient (Wildman–Crippen LogP) is 5.46.